The highest BCUT2D eigenvalue weighted by Crippen LogP contribution is 2.16. The third-order valence-corrected chi connectivity index (χ3v) is 4.09. The third-order valence-electron chi connectivity index (χ3n) is 2.79. The number of anilines is 1. The fourth-order valence-electron chi connectivity index (χ4n) is 1.86. The number of rotatable bonds is 7. The summed E-state index contributed by atoms with van der Waals surface area (Å²) in [5.74, 6) is -2.01. The van der Waals surface area contributed by atoms with Crippen LogP contribution in [0.25, 0.3) is 0 Å². The molecule has 1 amide bonds. The van der Waals surface area contributed by atoms with E-state index in [1.165, 1.54) is 0 Å². The average Bonchev–Trinajstić information content (AvgIpc) is 2.39. The molecule has 116 valence electrons. The van der Waals surface area contributed by atoms with Gasteiger partial charge in [0.15, 0.2) is 0 Å². The maximum Gasteiger partial charge on any atom is 0.321 e. The molecule has 0 aliphatic rings. The minimum absolute atomic E-state index is 0.0925. The number of nitrogens with zero attached hydrogens (tertiary/aromatic N) is 1. The van der Waals surface area contributed by atoms with E-state index < -0.39 is 22.8 Å². The SMILES string of the molecule is CC(C)N(C(=O)CS(=O)C[C@H](N)C(=O)O)c1ccccc1. The first-order valence-electron chi connectivity index (χ1n) is 6.53. The minimum atomic E-state index is -1.61. The monoisotopic (exact) mass is 312 g/mol. The van der Waals surface area contributed by atoms with Crippen LogP contribution in [-0.4, -0.2) is 44.8 Å². The molecular weight excluding hydrogens is 292 g/mol. The van der Waals surface area contributed by atoms with E-state index in [-0.39, 0.29) is 23.5 Å². The van der Waals surface area contributed by atoms with Crippen LogP contribution < -0.4 is 10.6 Å². The number of carboxylic acid groups (broad SMARTS) is 1. The quantitative estimate of drug-likeness (QED) is 0.767. The summed E-state index contributed by atoms with van der Waals surface area (Å²) >= 11 is 0. The van der Waals surface area contributed by atoms with Crippen molar-refractivity contribution in [1.82, 2.24) is 0 Å². The highest BCUT2D eigenvalue weighted by atomic mass is 32.2. The number of aliphatic carboxylic acids is 1. The van der Waals surface area contributed by atoms with Crippen LogP contribution in [0.2, 0.25) is 0 Å². The smallest absolute Gasteiger partial charge is 0.321 e. The molecular formula is C14H20N2O4S. The van der Waals surface area contributed by atoms with Crippen molar-refractivity contribution < 1.29 is 18.9 Å². The maximum atomic E-state index is 12.3. The molecule has 0 saturated carbocycles. The summed E-state index contributed by atoms with van der Waals surface area (Å²) in [6.07, 6.45) is 0. The number of carboxylic acids is 1. The zero-order chi connectivity index (χ0) is 16.0. The van der Waals surface area contributed by atoms with Gasteiger partial charge in [-0.15, -0.1) is 0 Å². The Morgan fingerprint density at radius 2 is 1.86 bits per heavy atom. The van der Waals surface area contributed by atoms with Crippen molar-refractivity contribution in [3.63, 3.8) is 0 Å². The Morgan fingerprint density at radius 3 is 2.33 bits per heavy atom. The lowest BCUT2D eigenvalue weighted by molar-refractivity contribution is -0.138. The average molecular weight is 312 g/mol. The summed E-state index contributed by atoms with van der Waals surface area (Å²) < 4.78 is 11.8. The van der Waals surface area contributed by atoms with E-state index in [1.54, 1.807) is 17.0 Å². The van der Waals surface area contributed by atoms with Crippen molar-refractivity contribution >= 4 is 28.4 Å². The van der Waals surface area contributed by atoms with Crippen molar-refractivity contribution in [2.45, 2.75) is 25.9 Å². The Bertz CT molecular complexity index is 519. The zero-order valence-corrected chi connectivity index (χ0v) is 12.9. The minimum Gasteiger partial charge on any atom is -0.480 e. The fraction of sp³-hybridized carbons (Fsp3) is 0.429. The van der Waals surface area contributed by atoms with Gasteiger partial charge in [-0.3, -0.25) is 13.8 Å². The van der Waals surface area contributed by atoms with Crippen molar-refractivity contribution in [3.05, 3.63) is 30.3 Å². The molecule has 0 fully saturated rings. The fourth-order valence-corrected chi connectivity index (χ4v) is 2.93. The molecule has 1 aromatic rings. The number of hydrogen-bond acceptors (Lipinski definition) is 4. The molecule has 0 aromatic heterocycles. The van der Waals surface area contributed by atoms with Crippen LogP contribution in [0, 0.1) is 0 Å². The van der Waals surface area contributed by atoms with Crippen LogP contribution in [0.3, 0.4) is 0 Å². The predicted molar refractivity (Wildman–Crippen MR) is 82.6 cm³/mol. The molecule has 1 aromatic carbocycles. The number of carbonyl (C=O) groups is 2. The van der Waals surface area contributed by atoms with Crippen LogP contribution in [0.15, 0.2) is 30.3 Å². The molecule has 6 nitrogen and oxygen atoms in total. The van der Waals surface area contributed by atoms with Gasteiger partial charge in [0, 0.05) is 28.3 Å². The second-order valence-corrected chi connectivity index (χ2v) is 6.39. The normalized spacial score (nSPS) is 13.7. The van der Waals surface area contributed by atoms with Crippen LogP contribution >= 0.6 is 0 Å². The molecule has 0 heterocycles. The van der Waals surface area contributed by atoms with Crippen LogP contribution in [0.5, 0.6) is 0 Å². The first-order valence-corrected chi connectivity index (χ1v) is 8.02. The van der Waals surface area contributed by atoms with Crippen molar-refractivity contribution in [3.8, 4) is 0 Å². The predicted octanol–water partition coefficient (Wildman–Crippen LogP) is 0.589. The van der Waals surface area contributed by atoms with Crippen molar-refractivity contribution in [1.29, 1.82) is 0 Å². The van der Waals surface area contributed by atoms with Crippen LogP contribution in [0.4, 0.5) is 5.69 Å². The highest BCUT2D eigenvalue weighted by Gasteiger charge is 2.23. The van der Waals surface area contributed by atoms with E-state index in [9.17, 15) is 13.8 Å². The zero-order valence-electron chi connectivity index (χ0n) is 12.1. The first kappa shape index (κ1) is 17.3. The lowest BCUT2D eigenvalue weighted by atomic mass is 10.2. The lowest BCUT2D eigenvalue weighted by Crippen LogP contribution is -2.42. The molecule has 0 saturated heterocycles. The molecule has 3 N–H and O–H groups in total. The van der Waals surface area contributed by atoms with Gasteiger partial charge in [-0.05, 0) is 26.0 Å². The van der Waals surface area contributed by atoms with E-state index in [4.69, 9.17) is 10.8 Å². The van der Waals surface area contributed by atoms with Gasteiger partial charge in [0.1, 0.15) is 11.8 Å². The summed E-state index contributed by atoms with van der Waals surface area (Å²) in [5.41, 5.74) is 6.04. The van der Waals surface area contributed by atoms with Gasteiger partial charge in [-0.2, -0.15) is 0 Å². The number of benzene rings is 1. The number of para-hydroxylation sites is 1. The van der Waals surface area contributed by atoms with Gasteiger partial charge in [0.25, 0.3) is 0 Å². The summed E-state index contributed by atoms with van der Waals surface area (Å²) in [6, 6.07) is 7.75. The molecule has 0 spiro atoms. The van der Waals surface area contributed by atoms with Gasteiger partial charge in [0.05, 0.1) is 0 Å². The number of carbonyl (C=O) groups excluding carboxylic acids is 1. The number of nitrogens with two attached hydrogens (primary N) is 1. The van der Waals surface area contributed by atoms with Gasteiger partial charge in [0.2, 0.25) is 5.91 Å². The Morgan fingerprint density at radius 1 is 1.29 bits per heavy atom. The standard InChI is InChI=1S/C14H20N2O4S/c1-10(2)16(11-6-4-3-5-7-11)13(17)9-21(20)8-12(15)14(18)19/h3-7,10,12H,8-9,15H2,1-2H3,(H,18,19)/t12-,21?/m0/s1. The van der Waals surface area contributed by atoms with Gasteiger partial charge < -0.3 is 15.7 Å². The largest absolute Gasteiger partial charge is 0.480 e. The first-order chi connectivity index (χ1) is 9.82. The highest BCUT2D eigenvalue weighted by molar-refractivity contribution is 7.85. The van der Waals surface area contributed by atoms with E-state index in [0.29, 0.717) is 0 Å². The van der Waals surface area contributed by atoms with Crippen molar-refractivity contribution in [2.75, 3.05) is 16.4 Å². The van der Waals surface area contributed by atoms with Gasteiger partial charge in [-0.1, -0.05) is 18.2 Å². The Balaban J connectivity index is 2.75. The molecule has 21 heavy (non-hydrogen) atoms. The summed E-state index contributed by atoms with van der Waals surface area (Å²) in [7, 11) is -1.61. The van der Waals surface area contributed by atoms with Crippen LogP contribution in [0.1, 0.15) is 13.8 Å². The topological polar surface area (TPSA) is 101 Å². The number of amides is 1. The summed E-state index contributed by atoms with van der Waals surface area (Å²) in [4.78, 5) is 24.5. The van der Waals surface area contributed by atoms with Gasteiger partial charge >= 0.3 is 5.97 Å². The Kier molecular flexibility index (Phi) is 6.51. The number of hydrogen-bond donors (Lipinski definition) is 2. The van der Waals surface area contributed by atoms with E-state index in [0.717, 1.165) is 5.69 Å². The Hall–Kier alpha value is -1.73. The Labute approximate surface area is 126 Å². The molecule has 0 aliphatic carbocycles. The van der Waals surface area contributed by atoms with E-state index in [1.807, 2.05) is 32.0 Å². The second-order valence-electron chi connectivity index (χ2n) is 4.89. The molecule has 1 unspecified atom stereocenters. The lowest BCUT2D eigenvalue weighted by Gasteiger charge is -2.26. The van der Waals surface area contributed by atoms with Crippen LogP contribution in [-0.2, 0) is 20.4 Å². The van der Waals surface area contributed by atoms with E-state index >= 15 is 0 Å². The molecule has 0 bridgehead atoms. The maximum absolute atomic E-state index is 12.3. The summed E-state index contributed by atoms with van der Waals surface area (Å²) in [5, 5.41) is 8.69. The molecule has 1 rings (SSSR count). The third kappa shape index (κ3) is 5.28. The second kappa shape index (κ2) is 7.90. The molecule has 2 atom stereocenters. The summed E-state index contributed by atoms with van der Waals surface area (Å²) in [6.45, 7) is 3.72. The molecule has 7 heteroatoms. The molecule has 0 aliphatic heterocycles. The van der Waals surface area contributed by atoms with Crippen molar-refractivity contribution in [2.24, 2.45) is 5.73 Å². The van der Waals surface area contributed by atoms with E-state index in [2.05, 4.69) is 0 Å². The van der Waals surface area contributed by atoms with Gasteiger partial charge in [-0.25, -0.2) is 0 Å². The molecule has 0 radical (unpaired) electrons.